The minimum atomic E-state index is -3.45. The average molecular weight is 450 g/mol. The minimum absolute atomic E-state index is 0.0158. The Labute approximate surface area is 181 Å². The lowest BCUT2D eigenvalue weighted by Gasteiger charge is -2.49. The van der Waals surface area contributed by atoms with Crippen LogP contribution in [0.25, 0.3) is 5.57 Å². The zero-order chi connectivity index (χ0) is 22.4. The average Bonchev–Trinajstić information content (AvgIpc) is 3.06. The molecule has 0 radical (unpaired) electrons. The first-order valence-corrected chi connectivity index (χ1v) is 12.0. The van der Waals surface area contributed by atoms with Gasteiger partial charge >= 0.3 is 0 Å². The van der Waals surface area contributed by atoms with Crippen LogP contribution >= 0.6 is 0 Å². The third kappa shape index (κ3) is 4.00. The molecule has 31 heavy (non-hydrogen) atoms. The third-order valence-corrected chi connectivity index (χ3v) is 9.09. The van der Waals surface area contributed by atoms with Gasteiger partial charge in [-0.1, -0.05) is 0 Å². The normalized spacial score (nSPS) is 25.0. The molecule has 1 aromatic heterocycles. The maximum atomic E-state index is 12.8. The molecule has 1 aliphatic carbocycles. The van der Waals surface area contributed by atoms with E-state index in [9.17, 15) is 22.8 Å². The molecule has 9 nitrogen and oxygen atoms in total. The molecule has 1 atom stereocenters. The number of nitrogens with zero attached hydrogens (tertiary/aromatic N) is 1. The fourth-order valence-corrected chi connectivity index (χ4v) is 6.87. The summed E-state index contributed by atoms with van der Waals surface area (Å²) in [5, 5.41) is 5.70. The minimum Gasteiger partial charge on any atom is -0.465 e. The van der Waals surface area contributed by atoms with Crippen molar-refractivity contribution in [2.75, 3.05) is 18.8 Å². The van der Waals surface area contributed by atoms with E-state index >= 15 is 0 Å². The van der Waals surface area contributed by atoms with Gasteiger partial charge in [0.2, 0.25) is 17.7 Å². The van der Waals surface area contributed by atoms with Crippen molar-refractivity contribution in [3.63, 3.8) is 0 Å². The summed E-state index contributed by atoms with van der Waals surface area (Å²) in [5.41, 5.74) is 0.152. The summed E-state index contributed by atoms with van der Waals surface area (Å²) >= 11 is 0. The van der Waals surface area contributed by atoms with Crippen molar-refractivity contribution in [2.45, 2.75) is 55.9 Å². The molecule has 10 heteroatoms. The van der Waals surface area contributed by atoms with Crippen LogP contribution in [0.1, 0.15) is 45.3 Å². The van der Waals surface area contributed by atoms with Crippen LogP contribution in [0.5, 0.6) is 0 Å². The van der Waals surface area contributed by atoms with Gasteiger partial charge in [0.15, 0.2) is 9.84 Å². The fourth-order valence-electron chi connectivity index (χ4n) is 4.61. The van der Waals surface area contributed by atoms with E-state index in [1.54, 1.807) is 19.1 Å². The number of furan rings is 1. The predicted molar refractivity (Wildman–Crippen MR) is 112 cm³/mol. The van der Waals surface area contributed by atoms with E-state index in [0.717, 1.165) is 12.8 Å². The van der Waals surface area contributed by atoms with E-state index in [4.69, 9.17) is 4.42 Å². The lowest BCUT2D eigenvalue weighted by molar-refractivity contribution is -0.131. The number of nitrogens with one attached hydrogen (secondary N) is 2. The summed E-state index contributed by atoms with van der Waals surface area (Å²) < 4.78 is 29.7. The number of sulfone groups is 1. The Morgan fingerprint density at radius 3 is 2.55 bits per heavy atom. The monoisotopic (exact) mass is 449 g/mol. The van der Waals surface area contributed by atoms with E-state index in [-0.39, 0.29) is 43.0 Å². The molecule has 0 aromatic carbocycles. The van der Waals surface area contributed by atoms with Gasteiger partial charge in [0.25, 0.3) is 0 Å². The largest absolute Gasteiger partial charge is 0.465 e. The molecule has 168 valence electrons. The van der Waals surface area contributed by atoms with Gasteiger partial charge in [0.1, 0.15) is 10.5 Å². The Morgan fingerprint density at radius 2 is 1.97 bits per heavy atom. The fraction of sp³-hybridized carbons (Fsp3) is 0.571. The van der Waals surface area contributed by atoms with Gasteiger partial charge in [-0.2, -0.15) is 0 Å². The highest BCUT2D eigenvalue weighted by Gasteiger charge is 2.63. The van der Waals surface area contributed by atoms with E-state index in [0.29, 0.717) is 17.8 Å². The van der Waals surface area contributed by atoms with Crippen LogP contribution in [0.4, 0.5) is 0 Å². The van der Waals surface area contributed by atoms with Gasteiger partial charge in [-0.05, 0) is 43.9 Å². The van der Waals surface area contributed by atoms with Crippen LogP contribution in [0.3, 0.4) is 0 Å². The van der Waals surface area contributed by atoms with Gasteiger partial charge < -0.3 is 20.0 Å². The Hall–Kier alpha value is -2.62. The molecule has 2 N–H and O–H groups in total. The summed E-state index contributed by atoms with van der Waals surface area (Å²) in [6.45, 7) is 3.28. The Balaban J connectivity index is 1.41. The number of likely N-dealkylation sites (tertiary alicyclic amines) is 1. The van der Waals surface area contributed by atoms with Crippen molar-refractivity contribution in [3.05, 3.63) is 30.2 Å². The third-order valence-electron chi connectivity index (χ3n) is 6.54. The highest BCUT2D eigenvalue weighted by atomic mass is 32.2. The standard InChI is InChI=1S/C21H27N3O6S/c1-14(16-4-3-8-30-16)10-19(27)24-12-21(13-24)17(5-9-31(21,28)29)22-18(26)11-20(6-7-20)23-15(2)25/h3-4,8,10,17H,5-7,9,11-13H2,1-2H3,(H,22,26)(H,23,25)/b14-10+. The second kappa shape index (κ2) is 7.51. The Kier molecular flexibility index (Phi) is 5.23. The number of amides is 3. The molecular weight excluding hydrogens is 422 g/mol. The van der Waals surface area contributed by atoms with Crippen LogP contribution in [0.15, 0.2) is 28.9 Å². The number of rotatable bonds is 6. The van der Waals surface area contributed by atoms with Crippen molar-refractivity contribution in [3.8, 4) is 0 Å². The second-order valence-electron chi connectivity index (χ2n) is 8.93. The molecule has 2 saturated heterocycles. The molecule has 3 heterocycles. The quantitative estimate of drug-likeness (QED) is 0.614. The van der Waals surface area contributed by atoms with Crippen LogP contribution in [-0.2, 0) is 24.2 Å². The van der Waals surface area contributed by atoms with Crippen LogP contribution in [-0.4, -0.2) is 66.2 Å². The first-order valence-electron chi connectivity index (χ1n) is 10.4. The molecule has 1 unspecified atom stereocenters. The highest BCUT2D eigenvalue weighted by Crippen LogP contribution is 2.42. The Morgan fingerprint density at radius 1 is 1.26 bits per heavy atom. The van der Waals surface area contributed by atoms with E-state index in [1.807, 2.05) is 0 Å². The van der Waals surface area contributed by atoms with Crippen molar-refractivity contribution < 1.29 is 27.2 Å². The number of hydrogen-bond acceptors (Lipinski definition) is 6. The lowest BCUT2D eigenvalue weighted by Crippen LogP contribution is -2.72. The highest BCUT2D eigenvalue weighted by molar-refractivity contribution is 7.93. The molecule has 3 aliphatic rings. The van der Waals surface area contributed by atoms with Gasteiger partial charge in [-0.25, -0.2) is 8.42 Å². The summed E-state index contributed by atoms with van der Waals surface area (Å²) in [5.74, 6) is -0.176. The first kappa shape index (κ1) is 21.6. The van der Waals surface area contributed by atoms with Gasteiger partial charge in [0.05, 0.1) is 18.1 Å². The van der Waals surface area contributed by atoms with Gasteiger partial charge in [-0.3, -0.25) is 14.4 Å². The zero-order valence-corrected chi connectivity index (χ0v) is 18.5. The topological polar surface area (TPSA) is 126 Å². The molecule has 0 bridgehead atoms. The van der Waals surface area contributed by atoms with Crippen molar-refractivity contribution in [1.29, 1.82) is 0 Å². The van der Waals surface area contributed by atoms with Crippen molar-refractivity contribution in [2.24, 2.45) is 0 Å². The summed E-state index contributed by atoms with van der Waals surface area (Å²) in [6, 6.07) is 2.93. The zero-order valence-electron chi connectivity index (χ0n) is 17.6. The molecule has 3 amide bonds. The first-order chi connectivity index (χ1) is 14.6. The van der Waals surface area contributed by atoms with Crippen LogP contribution < -0.4 is 10.6 Å². The molecule has 1 aromatic rings. The van der Waals surface area contributed by atoms with Gasteiger partial charge in [0, 0.05) is 38.0 Å². The predicted octanol–water partition coefficient (Wildman–Crippen LogP) is 0.626. The lowest BCUT2D eigenvalue weighted by atomic mass is 9.88. The SMILES string of the molecule is CC(=O)NC1(CC(=O)NC2CCS(=O)(=O)C23CN(C(=O)/C=C(\C)c2ccco2)C3)CC1. The number of hydrogen-bond donors (Lipinski definition) is 2. The molecule has 1 saturated carbocycles. The molecule has 3 fully saturated rings. The molecular formula is C21H27N3O6S. The molecule has 4 rings (SSSR count). The smallest absolute Gasteiger partial charge is 0.247 e. The van der Waals surface area contributed by atoms with Gasteiger partial charge in [-0.15, -0.1) is 0 Å². The Bertz CT molecular complexity index is 1030. The van der Waals surface area contributed by atoms with Crippen LogP contribution in [0.2, 0.25) is 0 Å². The van der Waals surface area contributed by atoms with Crippen LogP contribution in [0, 0.1) is 0 Å². The van der Waals surface area contributed by atoms with Crippen molar-refractivity contribution >= 4 is 33.1 Å². The molecule has 2 aliphatic heterocycles. The number of carbonyl (C=O) groups excluding carboxylic acids is 3. The summed E-state index contributed by atoms with van der Waals surface area (Å²) in [6.07, 6.45) is 4.88. The number of allylic oxidation sites excluding steroid dienone is 1. The summed E-state index contributed by atoms with van der Waals surface area (Å²) in [4.78, 5) is 38.0. The maximum Gasteiger partial charge on any atom is 0.247 e. The van der Waals surface area contributed by atoms with Crippen molar-refractivity contribution in [1.82, 2.24) is 15.5 Å². The number of carbonyl (C=O) groups is 3. The van der Waals surface area contributed by atoms with E-state index in [2.05, 4.69) is 10.6 Å². The second-order valence-corrected chi connectivity index (χ2v) is 11.4. The van der Waals surface area contributed by atoms with E-state index in [1.165, 1.54) is 24.2 Å². The van der Waals surface area contributed by atoms with E-state index < -0.39 is 26.2 Å². The maximum absolute atomic E-state index is 12.8. The molecule has 1 spiro atoms. The summed E-state index contributed by atoms with van der Waals surface area (Å²) in [7, 11) is -3.45.